The average molecular weight is 251 g/mol. The number of hydrogen-bond donors (Lipinski definition) is 1. The maximum atomic E-state index is 6.41. The van der Waals surface area contributed by atoms with Crippen molar-refractivity contribution in [1.82, 2.24) is 9.61 Å². The molecule has 0 aliphatic heterocycles. The number of fused-ring (bicyclic) bond motifs is 1. The lowest BCUT2D eigenvalue weighted by atomic mass is 9.97. The second kappa shape index (κ2) is 4.52. The fourth-order valence-corrected chi connectivity index (χ4v) is 2.56. The summed E-state index contributed by atoms with van der Waals surface area (Å²) in [5.74, 6) is 0. The Morgan fingerprint density at radius 2 is 1.84 bits per heavy atom. The molecule has 1 atom stereocenters. The van der Waals surface area contributed by atoms with Crippen molar-refractivity contribution in [2.75, 3.05) is 0 Å². The molecule has 96 valence electrons. The summed E-state index contributed by atoms with van der Waals surface area (Å²) in [6, 6.07) is 12.3. The fourth-order valence-electron chi connectivity index (χ4n) is 2.56. The molecule has 0 fully saturated rings. The first-order chi connectivity index (χ1) is 9.15. The minimum absolute atomic E-state index is 0.140. The summed E-state index contributed by atoms with van der Waals surface area (Å²) in [6.07, 6.45) is 3.80. The maximum Gasteiger partial charge on any atom is 0.0712 e. The molecule has 3 aromatic rings. The number of pyridine rings is 1. The smallest absolute Gasteiger partial charge is 0.0712 e. The molecule has 3 heteroatoms. The van der Waals surface area contributed by atoms with E-state index in [9.17, 15) is 0 Å². The van der Waals surface area contributed by atoms with Gasteiger partial charge in [0.15, 0.2) is 0 Å². The lowest BCUT2D eigenvalue weighted by Crippen LogP contribution is -2.12. The van der Waals surface area contributed by atoms with Crippen LogP contribution in [0.2, 0.25) is 0 Å². The molecule has 0 spiro atoms. The van der Waals surface area contributed by atoms with Crippen molar-refractivity contribution in [2.24, 2.45) is 5.73 Å². The molecule has 1 aromatic carbocycles. The second-order valence-electron chi connectivity index (χ2n) is 5.03. The number of nitrogens with two attached hydrogens (primary N) is 1. The molecule has 0 aliphatic rings. The highest BCUT2D eigenvalue weighted by Crippen LogP contribution is 2.25. The van der Waals surface area contributed by atoms with E-state index in [0.717, 1.165) is 16.6 Å². The van der Waals surface area contributed by atoms with Crippen LogP contribution in [-0.4, -0.2) is 9.61 Å². The van der Waals surface area contributed by atoms with Crippen LogP contribution in [0.4, 0.5) is 0 Å². The topological polar surface area (TPSA) is 43.3 Å². The van der Waals surface area contributed by atoms with E-state index in [-0.39, 0.29) is 6.04 Å². The molecular formula is C16H17N3. The SMILES string of the molecule is Cc1cc(C)cc(C(N)c2cnn3ccccc23)c1. The fraction of sp³-hybridized carbons (Fsp3) is 0.188. The number of nitrogens with zero attached hydrogens (tertiary/aromatic N) is 2. The summed E-state index contributed by atoms with van der Waals surface area (Å²) in [6.45, 7) is 4.19. The van der Waals surface area contributed by atoms with Gasteiger partial charge in [-0.3, -0.25) is 0 Å². The molecule has 2 aromatic heterocycles. The average Bonchev–Trinajstić information content (AvgIpc) is 2.80. The molecule has 3 nitrogen and oxygen atoms in total. The van der Waals surface area contributed by atoms with E-state index < -0.39 is 0 Å². The van der Waals surface area contributed by atoms with Crippen molar-refractivity contribution >= 4 is 5.52 Å². The Labute approximate surface area is 112 Å². The number of benzene rings is 1. The van der Waals surface area contributed by atoms with Crippen LogP contribution in [0, 0.1) is 13.8 Å². The van der Waals surface area contributed by atoms with Gasteiger partial charge in [-0.25, -0.2) is 4.52 Å². The number of aromatic nitrogens is 2. The minimum atomic E-state index is -0.140. The zero-order valence-electron chi connectivity index (χ0n) is 11.2. The monoisotopic (exact) mass is 251 g/mol. The molecule has 0 radical (unpaired) electrons. The van der Waals surface area contributed by atoms with Gasteiger partial charge in [0.1, 0.15) is 0 Å². The van der Waals surface area contributed by atoms with Gasteiger partial charge >= 0.3 is 0 Å². The summed E-state index contributed by atoms with van der Waals surface area (Å²) < 4.78 is 1.86. The Hall–Kier alpha value is -2.13. The van der Waals surface area contributed by atoms with Crippen LogP contribution in [-0.2, 0) is 0 Å². The molecule has 2 N–H and O–H groups in total. The third-order valence-corrected chi connectivity index (χ3v) is 3.39. The van der Waals surface area contributed by atoms with Crippen molar-refractivity contribution in [2.45, 2.75) is 19.9 Å². The zero-order valence-corrected chi connectivity index (χ0v) is 11.2. The first-order valence-electron chi connectivity index (χ1n) is 6.41. The van der Waals surface area contributed by atoms with Crippen LogP contribution in [0.5, 0.6) is 0 Å². The van der Waals surface area contributed by atoms with Crippen molar-refractivity contribution in [3.8, 4) is 0 Å². The van der Waals surface area contributed by atoms with Gasteiger partial charge in [0.25, 0.3) is 0 Å². The maximum absolute atomic E-state index is 6.41. The Bertz CT molecular complexity index is 707. The Morgan fingerprint density at radius 1 is 1.11 bits per heavy atom. The third-order valence-electron chi connectivity index (χ3n) is 3.39. The lowest BCUT2D eigenvalue weighted by molar-refractivity contribution is 0.876. The summed E-state index contributed by atoms with van der Waals surface area (Å²) in [5.41, 5.74) is 12.1. The van der Waals surface area contributed by atoms with E-state index >= 15 is 0 Å². The number of hydrogen-bond acceptors (Lipinski definition) is 2. The van der Waals surface area contributed by atoms with Crippen LogP contribution in [0.25, 0.3) is 5.52 Å². The first-order valence-corrected chi connectivity index (χ1v) is 6.41. The summed E-state index contributed by atoms with van der Waals surface area (Å²) in [4.78, 5) is 0. The van der Waals surface area contributed by atoms with E-state index in [1.165, 1.54) is 11.1 Å². The molecule has 2 heterocycles. The quantitative estimate of drug-likeness (QED) is 0.761. The molecule has 0 amide bonds. The normalized spacial score (nSPS) is 12.8. The van der Waals surface area contributed by atoms with Crippen molar-refractivity contribution in [3.05, 3.63) is 71.0 Å². The molecule has 0 saturated heterocycles. The van der Waals surface area contributed by atoms with Crippen LogP contribution in [0.15, 0.2) is 48.8 Å². The largest absolute Gasteiger partial charge is 0.320 e. The third kappa shape index (κ3) is 2.13. The first kappa shape index (κ1) is 11.9. The van der Waals surface area contributed by atoms with Crippen molar-refractivity contribution in [3.63, 3.8) is 0 Å². The van der Waals surface area contributed by atoms with E-state index in [1.54, 1.807) is 0 Å². The summed E-state index contributed by atoms with van der Waals surface area (Å²) >= 11 is 0. The van der Waals surface area contributed by atoms with Crippen LogP contribution < -0.4 is 5.73 Å². The predicted octanol–water partition coefficient (Wildman–Crippen LogP) is 3.00. The van der Waals surface area contributed by atoms with Crippen molar-refractivity contribution in [1.29, 1.82) is 0 Å². The Balaban J connectivity index is 2.10. The summed E-state index contributed by atoms with van der Waals surface area (Å²) in [7, 11) is 0. The Morgan fingerprint density at radius 3 is 2.58 bits per heavy atom. The van der Waals surface area contributed by atoms with Gasteiger partial charge < -0.3 is 5.73 Å². The van der Waals surface area contributed by atoms with Gasteiger partial charge in [0.05, 0.1) is 17.8 Å². The van der Waals surface area contributed by atoms with E-state index in [2.05, 4.69) is 37.1 Å². The predicted molar refractivity (Wildman–Crippen MR) is 77.1 cm³/mol. The van der Waals surface area contributed by atoms with Gasteiger partial charge in [0, 0.05) is 11.8 Å². The van der Waals surface area contributed by atoms with E-state index in [4.69, 9.17) is 5.73 Å². The molecule has 3 rings (SSSR count). The van der Waals surface area contributed by atoms with Crippen LogP contribution in [0.3, 0.4) is 0 Å². The van der Waals surface area contributed by atoms with Gasteiger partial charge in [-0.1, -0.05) is 35.4 Å². The van der Waals surface area contributed by atoms with Crippen LogP contribution >= 0.6 is 0 Å². The number of aryl methyl sites for hydroxylation is 2. The molecule has 19 heavy (non-hydrogen) atoms. The minimum Gasteiger partial charge on any atom is -0.320 e. The van der Waals surface area contributed by atoms with Gasteiger partial charge in [-0.2, -0.15) is 5.10 Å². The number of rotatable bonds is 2. The lowest BCUT2D eigenvalue weighted by Gasteiger charge is -2.13. The summed E-state index contributed by atoms with van der Waals surface area (Å²) in [5, 5.41) is 4.35. The highest BCUT2D eigenvalue weighted by molar-refractivity contribution is 5.57. The van der Waals surface area contributed by atoms with Gasteiger partial charge in [-0.05, 0) is 31.5 Å². The van der Waals surface area contributed by atoms with Crippen LogP contribution in [0.1, 0.15) is 28.3 Å². The zero-order chi connectivity index (χ0) is 13.4. The van der Waals surface area contributed by atoms with Gasteiger partial charge in [0.2, 0.25) is 0 Å². The highest BCUT2D eigenvalue weighted by Gasteiger charge is 2.14. The standard InChI is InChI=1S/C16H17N3/c1-11-7-12(2)9-13(8-11)16(17)14-10-18-19-6-4-3-5-15(14)19/h3-10,16H,17H2,1-2H3. The van der Waals surface area contributed by atoms with Gasteiger partial charge in [-0.15, -0.1) is 0 Å². The molecule has 0 saturated carbocycles. The Kier molecular flexibility index (Phi) is 2.84. The van der Waals surface area contributed by atoms with E-state index in [1.807, 2.05) is 35.1 Å². The molecule has 1 unspecified atom stereocenters. The second-order valence-corrected chi connectivity index (χ2v) is 5.03. The molecule has 0 aliphatic carbocycles. The highest BCUT2D eigenvalue weighted by atomic mass is 15.2. The molecular weight excluding hydrogens is 234 g/mol. The van der Waals surface area contributed by atoms with Crippen molar-refractivity contribution < 1.29 is 0 Å². The molecule has 0 bridgehead atoms. The van der Waals surface area contributed by atoms with E-state index in [0.29, 0.717) is 0 Å².